The molecule has 1 fully saturated rings. The van der Waals surface area contributed by atoms with E-state index >= 15 is 0 Å². The molecule has 1 saturated heterocycles. The number of hydrogen-bond donors (Lipinski definition) is 1. The van der Waals surface area contributed by atoms with Gasteiger partial charge in [-0.05, 0) is 36.6 Å². The fraction of sp³-hybridized carbons (Fsp3) is 0.240. The van der Waals surface area contributed by atoms with Gasteiger partial charge in [0.25, 0.3) is 5.91 Å². The first-order valence-electron chi connectivity index (χ1n) is 10.7. The number of halogens is 1. The number of fused-ring (bicyclic) bond motifs is 1. The number of nitrogens with one attached hydrogen (secondary N) is 1. The van der Waals surface area contributed by atoms with Gasteiger partial charge in [-0.25, -0.2) is 14.1 Å². The summed E-state index contributed by atoms with van der Waals surface area (Å²) in [4.78, 5) is 17.9. The fourth-order valence-corrected chi connectivity index (χ4v) is 4.02. The van der Waals surface area contributed by atoms with E-state index in [1.54, 1.807) is 23.0 Å². The Balaban J connectivity index is 1.54. The number of benzene rings is 2. The van der Waals surface area contributed by atoms with Gasteiger partial charge in [-0.2, -0.15) is 5.10 Å². The molecule has 0 aliphatic carbocycles. The van der Waals surface area contributed by atoms with Crippen LogP contribution in [0.4, 0.5) is 4.39 Å². The quantitative estimate of drug-likeness (QED) is 0.498. The van der Waals surface area contributed by atoms with E-state index in [1.165, 1.54) is 12.1 Å². The van der Waals surface area contributed by atoms with Crippen LogP contribution in [-0.4, -0.2) is 39.9 Å². The molecule has 1 aliphatic heterocycles. The fourth-order valence-electron chi connectivity index (χ4n) is 4.02. The first-order chi connectivity index (χ1) is 15.7. The van der Waals surface area contributed by atoms with Crippen molar-refractivity contribution >= 4 is 16.9 Å². The van der Waals surface area contributed by atoms with Crippen molar-refractivity contribution in [1.29, 1.82) is 0 Å². The second kappa shape index (κ2) is 8.88. The normalized spacial score (nSPS) is 15.8. The number of rotatable bonds is 6. The number of carbonyl (C=O) groups is 1. The van der Waals surface area contributed by atoms with E-state index in [4.69, 9.17) is 9.72 Å². The number of hydrogen-bond acceptors (Lipinski definition) is 4. The van der Waals surface area contributed by atoms with E-state index in [0.717, 1.165) is 30.6 Å². The van der Waals surface area contributed by atoms with Crippen molar-refractivity contribution in [2.45, 2.75) is 25.5 Å². The van der Waals surface area contributed by atoms with Crippen LogP contribution in [0.5, 0.6) is 0 Å². The van der Waals surface area contributed by atoms with Crippen LogP contribution in [-0.2, 0) is 11.3 Å². The SMILES string of the molecule is O=C(NC[C@H]1CCCO1)c1cc(-c2ccccc2)nc2c1cnn2Cc1cccc(F)c1. The highest BCUT2D eigenvalue weighted by Crippen LogP contribution is 2.25. The molecule has 7 heteroatoms. The van der Waals surface area contributed by atoms with Gasteiger partial charge in [0.15, 0.2) is 5.65 Å². The first-order valence-corrected chi connectivity index (χ1v) is 10.7. The average molecular weight is 430 g/mol. The Labute approximate surface area is 185 Å². The van der Waals surface area contributed by atoms with Gasteiger partial charge in [0.1, 0.15) is 5.82 Å². The maximum Gasteiger partial charge on any atom is 0.252 e. The largest absolute Gasteiger partial charge is 0.376 e. The lowest BCUT2D eigenvalue weighted by Gasteiger charge is -2.12. The zero-order chi connectivity index (χ0) is 21.9. The molecule has 4 aromatic rings. The van der Waals surface area contributed by atoms with Crippen LogP contribution < -0.4 is 5.32 Å². The molecule has 6 nitrogen and oxygen atoms in total. The van der Waals surface area contributed by atoms with Crippen molar-refractivity contribution in [3.8, 4) is 11.3 Å². The summed E-state index contributed by atoms with van der Waals surface area (Å²) in [5.74, 6) is -0.485. The number of amides is 1. The van der Waals surface area contributed by atoms with Gasteiger partial charge in [-0.3, -0.25) is 4.79 Å². The minimum atomic E-state index is -0.300. The van der Waals surface area contributed by atoms with Crippen LogP contribution in [0.2, 0.25) is 0 Å². The Morgan fingerprint density at radius 3 is 2.81 bits per heavy atom. The molecule has 2 aromatic heterocycles. The van der Waals surface area contributed by atoms with E-state index in [2.05, 4.69) is 10.4 Å². The Morgan fingerprint density at radius 2 is 2.03 bits per heavy atom. The minimum Gasteiger partial charge on any atom is -0.376 e. The summed E-state index contributed by atoms with van der Waals surface area (Å²) < 4.78 is 21.0. The lowest BCUT2D eigenvalue weighted by Crippen LogP contribution is -2.31. The molecule has 1 N–H and O–H groups in total. The van der Waals surface area contributed by atoms with Crippen LogP contribution in [0.3, 0.4) is 0 Å². The van der Waals surface area contributed by atoms with Crippen LogP contribution in [0.1, 0.15) is 28.8 Å². The van der Waals surface area contributed by atoms with Crippen LogP contribution in [0.25, 0.3) is 22.3 Å². The van der Waals surface area contributed by atoms with E-state index < -0.39 is 0 Å². The third-order valence-corrected chi connectivity index (χ3v) is 5.66. The third kappa shape index (κ3) is 4.24. The second-order valence-corrected chi connectivity index (χ2v) is 7.94. The second-order valence-electron chi connectivity index (χ2n) is 7.94. The molecule has 5 rings (SSSR count). The topological polar surface area (TPSA) is 69.0 Å². The van der Waals surface area contributed by atoms with Crippen LogP contribution in [0.15, 0.2) is 66.9 Å². The molecule has 0 spiro atoms. The van der Waals surface area contributed by atoms with Gasteiger partial charge in [0.2, 0.25) is 0 Å². The summed E-state index contributed by atoms with van der Waals surface area (Å²) in [5.41, 5.74) is 3.45. The Bertz CT molecular complexity index is 1250. The summed E-state index contributed by atoms with van der Waals surface area (Å²) in [7, 11) is 0. The number of aromatic nitrogens is 3. The smallest absolute Gasteiger partial charge is 0.252 e. The minimum absolute atomic E-state index is 0.0561. The van der Waals surface area contributed by atoms with Gasteiger partial charge < -0.3 is 10.1 Å². The Hall–Kier alpha value is -3.58. The van der Waals surface area contributed by atoms with Crippen molar-refractivity contribution in [2.24, 2.45) is 0 Å². The van der Waals surface area contributed by atoms with Crippen LogP contribution in [0, 0.1) is 5.82 Å². The van der Waals surface area contributed by atoms with Gasteiger partial charge >= 0.3 is 0 Å². The van der Waals surface area contributed by atoms with Crippen molar-refractivity contribution in [3.63, 3.8) is 0 Å². The molecule has 1 aliphatic rings. The molecular formula is C25H23FN4O2. The number of ether oxygens (including phenoxy) is 1. The van der Waals surface area contributed by atoms with Crippen molar-refractivity contribution in [1.82, 2.24) is 20.1 Å². The molecule has 0 radical (unpaired) electrons. The highest BCUT2D eigenvalue weighted by Gasteiger charge is 2.20. The van der Waals surface area contributed by atoms with Crippen molar-refractivity contribution in [2.75, 3.05) is 13.2 Å². The van der Waals surface area contributed by atoms with Crippen molar-refractivity contribution in [3.05, 3.63) is 83.8 Å². The molecule has 0 saturated carbocycles. The Kier molecular flexibility index (Phi) is 5.64. The van der Waals surface area contributed by atoms with Crippen molar-refractivity contribution < 1.29 is 13.9 Å². The Morgan fingerprint density at radius 1 is 1.16 bits per heavy atom. The molecule has 0 unspecified atom stereocenters. The maximum atomic E-state index is 13.7. The lowest BCUT2D eigenvalue weighted by atomic mass is 10.1. The molecule has 3 heterocycles. The van der Waals surface area contributed by atoms with E-state index in [0.29, 0.717) is 35.4 Å². The number of nitrogens with zero attached hydrogens (tertiary/aromatic N) is 3. The summed E-state index contributed by atoms with van der Waals surface area (Å²) in [6, 6.07) is 17.9. The summed E-state index contributed by atoms with van der Waals surface area (Å²) in [6.07, 6.45) is 3.68. The van der Waals surface area contributed by atoms with Gasteiger partial charge in [-0.1, -0.05) is 42.5 Å². The molecule has 1 amide bonds. The first kappa shape index (κ1) is 20.3. The summed E-state index contributed by atoms with van der Waals surface area (Å²) in [6.45, 7) is 1.56. The van der Waals surface area contributed by atoms with E-state index in [9.17, 15) is 9.18 Å². The number of carbonyl (C=O) groups excluding carboxylic acids is 1. The number of pyridine rings is 1. The predicted molar refractivity (Wildman–Crippen MR) is 120 cm³/mol. The van der Waals surface area contributed by atoms with E-state index in [1.807, 2.05) is 36.4 Å². The average Bonchev–Trinajstić information content (AvgIpc) is 3.48. The zero-order valence-electron chi connectivity index (χ0n) is 17.5. The summed E-state index contributed by atoms with van der Waals surface area (Å²) in [5, 5.41) is 8.12. The van der Waals surface area contributed by atoms with Gasteiger partial charge in [-0.15, -0.1) is 0 Å². The molecule has 0 bridgehead atoms. The summed E-state index contributed by atoms with van der Waals surface area (Å²) >= 11 is 0. The third-order valence-electron chi connectivity index (χ3n) is 5.66. The predicted octanol–water partition coefficient (Wildman–Crippen LogP) is 4.19. The standard InChI is InChI=1S/C25H23FN4O2/c26-19-9-4-6-17(12-19)16-30-24-22(15-28-30)21(25(31)27-14-20-10-5-11-32-20)13-23(29-24)18-7-2-1-3-8-18/h1-4,6-9,12-13,15,20H,5,10-11,14,16H2,(H,27,31)/t20-/m1/s1. The highest BCUT2D eigenvalue weighted by atomic mass is 19.1. The molecule has 32 heavy (non-hydrogen) atoms. The lowest BCUT2D eigenvalue weighted by molar-refractivity contribution is 0.0859. The molecule has 2 aromatic carbocycles. The van der Waals surface area contributed by atoms with E-state index in [-0.39, 0.29) is 17.8 Å². The van der Waals surface area contributed by atoms with Gasteiger partial charge in [0, 0.05) is 18.7 Å². The molecule has 162 valence electrons. The molecular weight excluding hydrogens is 407 g/mol. The van der Waals surface area contributed by atoms with Gasteiger partial charge in [0.05, 0.1) is 35.5 Å². The highest BCUT2D eigenvalue weighted by molar-refractivity contribution is 6.06. The maximum absolute atomic E-state index is 13.7. The zero-order valence-corrected chi connectivity index (χ0v) is 17.5. The molecule has 1 atom stereocenters. The van der Waals surface area contributed by atoms with Crippen LogP contribution >= 0.6 is 0 Å². The monoisotopic (exact) mass is 430 g/mol.